The monoisotopic (exact) mass is 251 g/mol. The Morgan fingerprint density at radius 2 is 2.00 bits per heavy atom. The van der Waals surface area contributed by atoms with E-state index in [0.717, 1.165) is 29.5 Å². The maximum atomic E-state index is 10.5. The van der Waals surface area contributed by atoms with Gasteiger partial charge in [0.25, 0.3) is 0 Å². The smallest absolute Gasteiger partial charge is 0.150 e. The molecular weight excluding hydrogens is 242 g/mol. The van der Waals surface area contributed by atoms with Crippen molar-refractivity contribution in [1.29, 1.82) is 0 Å². The number of nitrogens with zero attached hydrogens (tertiary/aromatic N) is 1. The van der Waals surface area contributed by atoms with E-state index in [9.17, 15) is 4.79 Å². The van der Waals surface area contributed by atoms with Crippen LogP contribution in [0, 0.1) is 0 Å². The number of anilines is 1. The van der Waals surface area contributed by atoms with E-state index in [1.54, 1.807) is 0 Å². The molecule has 0 aliphatic carbocycles. The lowest BCUT2D eigenvalue weighted by atomic mass is 10.2. The lowest BCUT2D eigenvalue weighted by Crippen LogP contribution is -2.18. The van der Waals surface area contributed by atoms with E-state index in [2.05, 4.69) is 33.0 Å². The number of benzene rings is 1. The van der Waals surface area contributed by atoms with Crippen molar-refractivity contribution < 1.29 is 4.79 Å². The third-order valence-corrected chi connectivity index (χ3v) is 2.90. The first-order valence-electron chi connectivity index (χ1n) is 4.46. The van der Waals surface area contributed by atoms with Gasteiger partial charge in [0.05, 0.1) is 5.69 Å². The fraction of sp³-hybridized carbons (Fsp3) is 0.182. The van der Waals surface area contributed by atoms with Crippen LogP contribution < -0.4 is 4.90 Å². The van der Waals surface area contributed by atoms with Gasteiger partial charge in [-0.3, -0.25) is 4.79 Å². The van der Waals surface area contributed by atoms with Crippen molar-refractivity contribution in [3.8, 4) is 0 Å². The first-order chi connectivity index (χ1) is 6.81. The summed E-state index contributed by atoms with van der Waals surface area (Å²) in [4.78, 5) is 12.8. The second-order valence-electron chi connectivity index (χ2n) is 3.21. The minimum atomic E-state index is 0.702. The molecule has 1 aliphatic rings. The van der Waals surface area contributed by atoms with E-state index < -0.39 is 0 Å². The van der Waals surface area contributed by atoms with Gasteiger partial charge < -0.3 is 4.90 Å². The van der Waals surface area contributed by atoms with Gasteiger partial charge in [0.1, 0.15) is 6.29 Å². The zero-order valence-electron chi connectivity index (χ0n) is 7.61. The molecule has 0 bridgehead atoms. The summed E-state index contributed by atoms with van der Waals surface area (Å²) in [6.07, 6.45) is 5.14. The maximum absolute atomic E-state index is 10.5. The van der Waals surface area contributed by atoms with Crippen molar-refractivity contribution in [3.05, 3.63) is 40.4 Å². The van der Waals surface area contributed by atoms with Crippen molar-refractivity contribution in [2.75, 3.05) is 18.0 Å². The molecule has 0 saturated heterocycles. The standard InChI is InChI=1S/C11H10BrNO/c12-10-7-9(8-14)3-4-11(10)13-5-1-2-6-13/h1-4,7-8H,5-6H2. The Balaban J connectivity index is 2.30. The molecule has 0 fully saturated rings. The molecule has 1 aliphatic heterocycles. The highest BCUT2D eigenvalue weighted by molar-refractivity contribution is 9.10. The number of carbonyl (C=O) groups is 1. The van der Waals surface area contributed by atoms with E-state index in [0.29, 0.717) is 5.56 Å². The normalized spacial score (nSPS) is 14.8. The van der Waals surface area contributed by atoms with Crippen molar-refractivity contribution in [2.24, 2.45) is 0 Å². The Morgan fingerprint density at radius 1 is 1.29 bits per heavy atom. The van der Waals surface area contributed by atoms with Crippen molar-refractivity contribution in [1.82, 2.24) is 0 Å². The van der Waals surface area contributed by atoms with Crippen LogP contribution in [0.5, 0.6) is 0 Å². The van der Waals surface area contributed by atoms with Crippen LogP contribution in [0.2, 0.25) is 0 Å². The zero-order chi connectivity index (χ0) is 9.97. The van der Waals surface area contributed by atoms with Gasteiger partial charge in [0.15, 0.2) is 0 Å². The van der Waals surface area contributed by atoms with Gasteiger partial charge in [0, 0.05) is 23.1 Å². The minimum Gasteiger partial charge on any atom is -0.363 e. The molecule has 1 heterocycles. The molecule has 0 atom stereocenters. The summed E-state index contributed by atoms with van der Waals surface area (Å²) in [6.45, 7) is 1.89. The van der Waals surface area contributed by atoms with Crippen LogP contribution in [0.15, 0.2) is 34.8 Å². The third-order valence-electron chi connectivity index (χ3n) is 2.27. The Kier molecular flexibility index (Phi) is 2.68. The molecular formula is C11H10BrNO. The molecule has 3 heteroatoms. The van der Waals surface area contributed by atoms with Crippen LogP contribution in [0.4, 0.5) is 5.69 Å². The molecule has 0 unspecified atom stereocenters. The molecule has 2 rings (SSSR count). The van der Waals surface area contributed by atoms with E-state index in [4.69, 9.17) is 0 Å². The van der Waals surface area contributed by atoms with Crippen molar-refractivity contribution >= 4 is 27.9 Å². The number of hydrogen-bond donors (Lipinski definition) is 0. The summed E-state index contributed by atoms with van der Waals surface area (Å²) in [5, 5.41) is 0. The number of rotatable bonds is 2. The van der Waals surface area contributed by atoms with Gasteiger partial charge in [-0.15, -0.1) is 0 Å². The average Bonchev–Trinajstić information content (AvgIpc) is 2.70. The van der Waals surface area contributed by atoms with Crippen LogP contribution in [0.3, 0.4) is 0 Å². The van der Waals surface area contributed by atoms with Crippen LogP contribution >= 0.6 is 15.9 Å². The summed E-state index contributed by atoms with van der Waals surface area (Å²) in [7, 11) is 0. The minimum absolute atomic E-state index is 0.702. The van der Waals surface area contributed by atoms with Gasteiger partial charge in [-0.2, -0.15) is 0 Å². The number of aldehydes is 1. The first kappa shape index (κ1) is 9.46. The first-order valence-corrected chi connectivity index (χ1v) is 5.25. The second kappa shape index (κ2) is 3.96. The van der Waals surface area contributed by atoms with Crippen LogP contribution in [-0.2, 0) is 0 Å². The lowest BCUT2D eigenvalue weighted by molar-refractivity contribution is 0.112. The summed E-state index contributed by atoms with van der Waals surface area (Å²) >= 11 is 3.47. The number of hydrogen-bond acceptors (Lipinski definition) is 2. The fourth-order valence-electron chi connectivity index (χ4n) is 1.53. The fourth-order valence-corrected chi connectivity index (χ4v) is 2.17. The largest absolute Gasteiger partial charge is 0.363 e. The quantitative estimate of drug-likeness (QED) is 0.595. The van der Waals surface area contributed by atoms with Crippen molar-refractivity contribution in [2.45, 2.75) is 0 Å². The van der Waals surface area contributed by atoms with Crippen LogP contribution in [0.25, 0.3) is 0 Å². The molecule has 0 N–H and O–H groups in total. The van der Waals surface area contributed by atoms with Gasteiger partial charge >= 0.3 is 0 Å². The summed E-state index contributed by atoms with van der Waals surface area (Å²) < 4.78 is 0.978. The highest BCUT2D eigenvalue weighted by atomic mass is 79.9. The molecule has 2 nitrogen and oxygen atoms in total. The summed E-state index contributed by atoms with van der Waals surface area (Å²) in [5.41, 5.74) is 1.84. The van der Waals surface area contributed by atoms with Gasteiger partial charge in [-0.05, 0) is 34.1 Å². The number of halogens is 1. The molecule has 14 heavy (non-hydrogen) atoms. The Labute approximate surface area is 91.3 Å². The average molecular weight is 252 g/mol. The lowest BCUT2D eigenvalue weighted by Gasteiger charge is -2.19. The maximum Gasteiger partial charge on any atom is 0.150 e. The zero-order valence-corrected chi connectivity index (χ0v) is 9.20. The second-order valence-corrected chi connectivity index (χ2v) is 4.06. The van der Waals surface area contributed by atoms with Crippen LogP contribution in [0.1, 0.15) is 10.4 Å². The SMILES string of the molecule is O=Cc1ccc(N2CC=CC2)c(Br)c1. The van der Waals surface area contributed by atoms with E-state index in [-0.39, 0.29) is 0 Å². The molecule has 1 aromatic rings. The highest BCUT2D eigenvalue weighted by Crippen LogP contribution is 2.28. The predicted molar refractivity (Wildman–Crippen MR) is 60.9 cm³/mol. The summed E-state index contributed by atoms with van der Waals surface area (Å²) in [6, 6.07) is 5.66. The topological polar surface area (TPSA) is 20.3 Å². The molecule has 0 saturated carbocycles. The molecule has 0 amide bonds. The van der Waals surface area contributed by atoms with E-state index >= 15 is 0 Å². The van der Waals surface area contributed by atoms with Crippen molar-refractivity contribution in [3.63, 3.8) is 0 Å². The predicted octanol–water partition coefficient (Wildman–Crippen LogP) is 2.64. The van der Waals surface area contributed by atoms with Crippen LogP contribution in [-0.4, -0.2) is 19.4 Å². The van der Waals surface area contributed by atoms with Gasteiger partial charge in [-0.25, -0.2) is 0 Å². The van der Waals surface area contributed by atoms with Gasteiger partial charge in [0.2, 0.25) is 0 Å². The Morgan fingerprint density at radius 3 is 2.57 bits per heavy atom. The van der Waals surface area contributed by atoms with E-state index in [1.165, 1.54) is 0 Å². The van der Waals surface area contributed by atoms with E-state index in [1.807, 2.05) is 18.2 Å². The molecule has 1 aromatic carbocycles. The Bertz CT molecular complexity index is 379. The molecule has 0 aromatic heterocycles. The molecule has 0 spiro atoms. The Hall–Kier alpha value is -1.09. The third kappa shape index (κ3) is 1.73. The summed E-state index contributed by atoms with van der Waals surface area (Å²) in [5.74, 6) is 0. The van der Waals surface area contributed by atoms with Gasteiger partial charge in [-0.1, -0.05) is 12.2 Å². The molecule has 0 radical (unpaired) electrons. The molecule has 72 valence electrons. The highest BCUT2D eigenvalue weighted by Gasteiger charge is 2.10. The number of carbonyl (C=O) groups excluding carboxylic acids is 1.